The maximum atomic E-state index is 13.1. The Hall–Kier alpha value is -3.78. The molecule has 1 amide bonds. The molecule has 0 spiro atoms. The highest BCUT2D eigenvalue weighted by Crippen LogP contribution is 2.28. The number of fused-ring (bicyclic) bond motifs is 1. The van der Waals surface area contributed by atoms with Gasteiger partial charge in [0.2, 0.25) is 0 Å². The van der Waals surface area contributed by atoms with E-state index in [1.54, 1.807) is 54.0 Å². The molecule has 3 aromatic carbocycles. The second kappa shape index (κ2) is 8.39. The highest BCUT2D eigenvalue weighted by atomic mass is 32.2. The number of aromatic nitrogens is 1. The Balaban J connectivity index is 1.63. The van der Waals surface area contributed by atoms with Crippen molar-refractivity contribution < 1.29 is 17.9 Å². The summed E-state index contributed by atoms with van der Waals surface area (Å²) in [6, 6.07) is 21.1. The number of sulfonamides is 1. The van der Waals surface area contributed by atoms with Gasteiger partial charge in [-0.2, -0.15) is 0 Å². The third kappa shape index (κ3) is 4.04. The molecule has 1 heterocycles. The topological polar surface area (TPSA) is 89.4 Å². The van der Waals surface area contributed by atoms with Gasteiger partial charge in [-0.15, -0.1) is 0 Å². The molecule has 0 fully saturated rings. The van der Waals surface area contributed by atoms with Crippen LogP contribution in [0.3, 0.4) is 0 Å². The lowest BCUT2D eigenvalue weighted by atomic mass is 10.2. The number of carbonyl (C=O) groups excluding carboxylic acids is 1. The number of carbonyl (C=O) groups is 1. The van der Waals surface area contributed by atoms with Crippen LogP contribution in [0.25, 0.3) is 10.9 Å². The molecule has 2 N–H and O–H groups in total. The summed E-state index contributed by atoms with van der Waals surface area (Å²) in [5, 5.41) is 3.76. The summed E-state index contributed by atoms with van der Waals surface area (Å²) < 4.78 is 35.8. The molecule has 0 saturated carbocycles. The lowest BCUT2D eigenvalue weighted by Crippen LogP contribution is -2.18. The van der Waals surface area contributed by atoms with Crippen molar-refractivity contribution in [2.24, 2.45) is 7.05 Å². The first-order valence-corrected chi connectivity index (χ1v) is 11.4. The first-order valence-electron chi connectivity index (χ1n) is 9.92. The van der Waals surface area contributed by atoms with Crippen molar-refractivity contribution in [2.75, 3.05) is 17.1 Å². The van der Waals surface area contributed by atoms with Gasteiger partial charge < -0.3 is 14.6 Å². The number of nitrogens with zero attached hydrogens (tertiary/aromatic N) is 1. The third-order valence-electron chi connectivity index (χ3n) is 5.27. The summed E-state index contributed by atoms with van der Waals surface area (Å²) in [5.41, 5.74) is 2.68. The van der Waals surface area contributed by atoms with Crippen molar-refractivity contribution in [3.8, 4) is 5.75 Å². The summed E-state index contributed by atoms with van der Waals surface area (Å²) in [4.78, 5) is 13.0. The Morgan fingerprint density at radius 3 is 2.44 bits per heavy atom. The van der Waals surface area contributed by atoms with Gasteiger partial charge in [0.05, 0.1) is 17.7 Å². The van der Waals surface area contributed by atoms with E-state index in [9.17, 15) is 13.2 Å². The van der Waals surface area contributed by atoms with E-state index < -0.39 is 10.0 Å². The van der Waals surface area contributed by atoms with Crippen LogP contribution < -0.4 is 14.8 Å². The molecule has 32 heavy (non-hydrogen) atoms. The summed E-state index contributed by atoms with van der Waals surface area (Å²) in [6.07, 6.45) is 0. The molecule has 7 nitrogen and oxygen atoms in total. The van der Waals surface area contributed by atoms with Crippen LogP contribution in [0.5, 0.6) is 5.75 Å². The fourth-order valence-electron chi connectivity index (χ4n) is 3.60. The van der Waals surface area contributed by atoms with Crippen LogP contribution in [0.1, 0.15) is 16.1 Å². The number of para-hydroxylation sites is 3. The summed E-state index contributed by atoms with van der Waals surface area (Å²) >= 11 is 0. The van der Waals surface area contributed by atoms with Gasteiger partial charge in [0.15, 0.2) is 0 Å². The molecule has 0 bridgehead atoms. The van der Waals surface area contributed by atoms with E-state index in [-0.39, 0.29) is 10.8 Å². The molecule has 4 rings (SSSR count). The number of methoxy groups -OCH3 is 1. The molecule has 0 aliphatic rings. The molecule has 0 atom stereocenters. The van der Waals surface area contributed by atoms with Crippen LogP contribution in [-0.4, -0.2) is 26.0 Å². The number of benzene rings is 3. The van der Waals surface area contributed by atoms with E-state index in [0.717, 1.165) is 10.9 Å². The van der Waals surface area contributed by atoms with Crippen LogP contribution in [-0.2, 0) is 17.1 Å². The molecular formula is C24H23N3O4S. The Morgan fingerprint density at radius 1 is 0.969 bits per heavy atom. The monoisotopic (exact) mass is 449 g/mol. The molecule has 8 heteroatoms. The van der Waals surface area contributed by atoms with Crippen molar-refractivity contribution in [3.05, 3.63) is 84.1 Å². The maximum absolute atomic E-state index is 13.1. The number of aryl methyl sites for hydroxylation is 2. The van der Waals surface area contributed by atoms with E-state index in [4.69, 9.17) is 4.74 Å². The SMILES string of the molecule is COc1ccccc1NS(=O)(=O)c1cc(NC(=O)c2cc3ccccc3n2C)ccc1C. The van der Waals surface area contributed by atoms with Crippen LogP contribution >= 0.6 is 0 Å². The highest BCUT2D eigenvalue weighted by molar-refractivity contribution is 7.92. The standard InChI is InChI=1S/C24H23N3O4S/c1-16-12-13-18(25-24(28)21-14-17-8-4-6-10-20(17)27(21)2)15-23(16)32(29,30)26-19-9-5-7-11-22(19)31-3/h4-15,26H,1-3H3,(H,25,28). The Labute approximate surface area is 186 Å². The van der Waals surface area contributed by atoms with Gasteiger partial charge >= 0.3 is 0 Å². The van der Waals surface area contributed by atoms with Crippen molar-refractivity contribution in [2.45, 2.75) is 11.8 Å². The van der Waals surface area contributed by atoms with Crippen molar-refractivity contribution >= 4 is 38.2 Å². The van der Waals surface area contributed by atoms with Crippen LogP contribution in [0.15, 0.2) is 77.7 Å². The quantitative estimate of drug-likeness (QED) is 0.452. The van der Waals surface area contributed by atoms with E-state index >= 15 is 0 Å². The second-order valence-electron chi connectivity index (χ2n) is 7.39. The van der Waals surface area contributed by atoms with Gasteiger partial charge in [-0.05, 0) is 48.9 Å². The zero-order valence-corrected chi connectivity index (χ0v) is 18.7. The Morgan fingerprint density at radius 2 is 1.69 bits per heavy atom. The van der Waals surface area contributed by atoms with E-state index in [2.05, 4.69) is 10.0 Å². The van der Waals surface area contributed by atoms with Gasteiger partial charge in [0.25, 0.3) is 15.9 Å². The van der Waals surface area contributed by atoms with Crippen molar-refractivity contribution in [1.82, 2.24) is 4.57 Å². The second-order valence-corrected chi connectivity index (χ2v) is 9.04. The van der Waals surface area contributed by atoms with Crippen molar-refractivity contribution in [3.63, 3.8) is 0 Å². The minimum atomic E-state index is -3.91. The first-order chi connectivity index (χ1) is 15.3. The molecule has 0 unspecified atom stereocenters. The number of anilines is 2. The summed E-state index contributed by atoms with van der Waals surface area (Å²) in [6.45, 7) is 1.70. The largest absolute Gasteiger partial charge is 0.495 e. The van der Waals surface area contributed by atoms with Gasteiger partial charge in [-0.1, -0.05) is 36.4 Å². The number of rotatable bonds is 6. The van der Waals surface area contributed by atoms with Crippen molar-refractivity contribution in [1.29, 1.82) is 0 Å². The summed E-state index contributed by atoms with van der Waals surface area (Å²) in [7, 11) is -0.622. The average Bonchev–Trinajstić information content (AvgIpc) is 3.12. The fourth-order valence-corrected chi connectivity index (χ4v) is 4.94. The van der Waals surface area contributed by atoms with Crippen LogP contribution in [0, 0.1) is 6.92 Å². The van der Waals surface area contributed by atoms with E-state index in [1.165, 1.54) is 13.2 Å². The smallest absolute Gasteiger partial charge is 0.272 e. The highest BCUT2D eigenvalue weighted by Gasteiger charge is 2.20. The lowest BCUT2D eigenvalue weighted by Gasteiger charge is -2.14. The zero-order valence-electron chi connectivity index (χ0n) is 17.9. The number of ether oxygens (including phenoxy) is 1. The Bertz CT molecular complexity index is 1420. The van der Waals surface area contributed by atoms with Crippen LogP contribution in [0.2, 0.25) is 0 Å². The van der Waals surface area contributed by atoms with Gasteiger partial charge in [0, 0.05) is 23.6 Å². The van der Waals surface area contributed by atoms with E-state index in [0.29, 0.717) is 28.4 Å². The van der Waals surface area contributed by atoms with Gasteiger partial charge in [0.1, 0.15) is 11.4 Å². The normalized spacial score (nSPS) is 11.3. The minimum Gasteiger partial charge on any atom is -0.495 e. The van der Waals surface area contributed by atoms with Gasteiger partial charge in [-0.25, -0.2) is 8.42 Å². The van der Waals surface area contributed by atoms with E-state index in [1.807, 2.05) is 31.3 Å². The predicted molar refractivity (Wildman–Crippen MR) is 126 cm³/mol. The fraction of sp³-hybridized carbons (Fsp3) is 0.125. The van der Waals surface area contributed by atoms with Crippen LogP contribution in [0.4, 0.5) is 11.4 Å². The molecular weight excluding hydrogens is 426 g/mol. The number of hydrogen-bond acceptors (Lipinski definition) is 4. The molecule has 4 aromatic rings. The summed E-state index contributed by atoms with van der Waals surface area (Å²) in [5.74, 6) is 0.0857. The number of amides is 1. The Kier molecular flexibility index (Phi) is 5.63. The predicted octanol–water partition coefficient (Wildman–Crippen LogP) is 4.55. The molecule has 0 aliphatic carbocycles. The molecule has 0 saturated heterocycles. The maximum Gasteiger partial charge on any atom is 0.272 e. The van der Waals surface area contributed by atoms with Gasteiger partial charge in [-0.3, -0.25) is 9.52 Å². The molecule has 1 aromatic heterocycles. The zero-order chi connectivity index (χ0) is 22.9. The first kappa shape index (κ1) is 21.5. The third-order valence-corrected chi connectivity index (χ3v) is 6.78. The molecule has 0 radical (unpaired) electrons. The lowest BCUT2D eigenvalue weighted by molar-refractivity contribution is 0.101. The number of hydrogen-bond donors (Lipinski definition) is 2. The minimum absolute atomic E-state index is 0.0678. The average molecular weight is 450 g/mol. The molecule has 164 valence electrons. The molecule has 0 aliphatic heterocycles. The number of nitrogens with one attached hydrogen (secondary N) is 2.